The molecule has 0 spiro atoms. The van der Waals surface area contributed by atoms with Crippen molar-refractivity contribution in [2.75, 3.05) is 52.3 Å². The quantitative estimate of drug-likeness (QED) is 0.447. The molecule has 1 fully saturated rings. The molecular formula is C24H29N3O5S. The van der Waals surface area contributed by atoms with Gasteiger partial charge in [-0.05, 0) is 49.0 Å². The molecule has 1 aliphatic heterocycles. The largest absolute Gasteiger partial charge is 0.493 e. The first-order valence-corrected chi connectivity index (χ1v) is 12.0. The van der Waals surface area contributed by atoms with Crippen LogP contribution in [-0.2, 0) is 14.8 Å². The van der Waals surface area contributed by atoms with Crippen LogP contribution in [0.1, 0.15) is 5.56 Å². The number of nitrogens with zero attached hydrogens (tertiary/aromatic N) is 2. The van der Waals surface area contributed by atoms with Gasteiger partial charge in [-0.25, -0.2) is 8.42 Å². The second kappa shape index (κ2) is 11.1. The normalized spacial score (nSPS) is 15.3. The van der Waals surface area contributed by atoms with E-state index in [2.05, 4.69) is 16.8 Å². The summed E-state index contributed by atoms with van der Waals surface area (Å²) < 4.78 is 38.2. The summed E-state index contributed by atoms with van der Waals surface area (Å²) in [5, 5.41) is 2.72. The average molecular weight is 472 g/mol. The molecule has 0 unspecified atom stereocenters. The number of likely N-dealkylation sites (N-methyl/N-ethyl adjacent to an activating group) is 1. The second-order valence-corrected chi connectivity index (χ2v) is 9.51. The van der Waals surface area contributed by atoms with E-state index in [4.69, 9.17) is 9.47 Å². The number of piperazine rings is 1. The number of carbonyl (C=O) groups is 1. The van der Waals surface area contributed by atoms with Crippen LogP contribution >= 0.6 is 0 Å². The summed E-state index contributed by atoms with van der Waals surface area (Å²) in [4.78, 5) is 14.7. The van der Waals surface area contributed by atoms with Gasteiger partial charge in [0, 0.05) is 37.9 Å². The van der Waals surface area contributed by atoms with Crippen LogP contribution in [0, 0.1) is 0 Å². The molecule has 1 aliphatic rings. The highest BCUT2D eigenvalue weighted by molar-refractivity contribution is 7.89. The SMILES string of the molecule is C=CCOc1ccc(/C=C/C(=O)Nc2cccc(S(=O)(=O)N3CCN(C)CC3)c2)cc1OC. The fraction of sp³-hybridized carbons (Fsp3) is 0.292. The summed E-state index contributed by atoms with van der Waals surface area (Å²) in [5.74, 6) is 0.744. The number of ether oxygens (including phenoxy) is 2. The van der Waals surface area contributed by atoms with Crippen molar-refractivity contribution in [3.05, 3.63) is 66.8 Å². The molecule has 8 nitrogen and oxygen atoms in total. The van der Waals surface area contributed by atoms with E-state index in [-0.39, 0.29) is 10.8 Å². The standard InChI is InChI=1S/C24H29N3O5S/c1-4-16-32-22-10-8-19(17-23(22)31-3)9-11-24(28)25-20-6-5-7-21(18-20)33(29,30)27-14-12-26(2)13-15-27/h4-11,17-18H,1,12-16H2,2-3H3,(H,25,28)/b11-9+. The van der Waals surface area contributed by atoms with Crippen LogP contribution in [0.25, 0.3) is 6.08 Å². The van der Waals surface area contributed by atoms with Crippen molar-refractivity contribution in [2.24, 2.45) is 0 Å². The minimum atomic E-state index is -3.61. The van der Waals surface area contributed by atoms with E-state index in [1.165, 1.54) is 16.4 Å². The molecule has 1 N–H and O–H groups in total. The lowest BCUT2D eigenvalue weighted by atomic mass is 10.2. The topological polar surface area (TPSA) is 88.2 Å². The van der Waals surface area contributed by atoms with Crippen LogP contribution in [0.5, 0.6) is 11.5 Å². The van der Waals surface area contributed by atoms with Gasteiger partial charge in [0.05, 0.1) is 12.0 Å². The zero-order valence-electron chi connectivity index (χ0n) is 18.9. The Morgan fingerprint density at radius 3 is 2.58 bits per heavy atom. The van der Waals surface area contributed by atoms with Crippen molar-refractivity contribution in [1.82, 2.24) is 9.21 Å². The van der Waals surface area contributed by atoms with Crippen molar-refractivity contribution in [2.45, 2.75) is 4.90 Å². The van der Waals surface area contributed by atoms with Crippen LogP contribution in [0.2, 0.25) is 0 Å². The highest BCUT2D eigenvalue weighted by atomic mass is 32.2. The molecule has 3 rings (SSSR count). The predicted octanol–water partition coefficient (Wildman–Crippen LogP) is 2.85. The molecule has 1 saturated heterocycles. The lowest BCUT2D eigenvalue weighted by Crippen LogP contribution is -2.47. The van der Waals surface area contributed by atoms with Gasteiger partial charge in [0.1, 0.15) is 6.61 Å². The number of carbonyl (C=O) groups excluding carboxylic acids is 1. The summed E-state index contributed by atoms with van der Waals surface area (Å²) in [5.41, 5.74) is 1.16. The maximum Gasteiger partial charge on any atom is 0.248 e. The number of benzene rings is 2. The van der Waals surface area contributed by atoms with E-state index in [1.54, 1.807) is 55.7 Å². The first-order chi connectivity index (χ1) is 15.8. The van der Waals surface area contributed by atoms with Crippen LogP contribution in [-0.4, -0.2) is 70.5 Å². The zero-order valence-corrected chi connectivity index (χ0v) is 19.7. The summed E-state index contributed by atoms with van der Waals surface area (Å²) in [6.07, 6.45) is 4.66. The predicted molar refractivity (Wildman–Crippen MR) is 129 cm³/mol. The molecule has 0 bridgehead atoms. The molecule has 2 aromatic carbocycles. The van der Waals surface area contributed by atoms with E-state index < -0.39 is 10.0 Å². The molecule has 9 heteroatoms. The van der Waals surface area contributed by atoms with Gasteiger partial charge in [0.25, 0.3) is 0 Å². The maximum atomic E-state index is 12.9. The Balaban J connectivity index is 1.67. The molecule has 176 valence electrons. The molecule has 33 heavy (non-hydrogen) atoms. The number of hydrogen-bond donors (Lipinski definition) is 1. The van der Waals surface area contributed by atoms with Gasteiger partial charge in [-0.3, -0.25) is 4.79 Å². The van der Waals surface area contributed by atoms with Crippen molar-refractivity contribution < 1.29 is 22.7 Å². The molecule has 0 aromatic heterocycles. The Morgan fingerprint density at radius 2 is 1.88 bits per heavy atom. The van der Waals surface area contributed by atoms with Crippen LogP contribution < -0.4 is 14.8 Å². The maximum absolute atomic E-state index is 12.9. The lowest BCUT2D eigenvalue weighted by Gasteiger charge is -2.31. The number of sulfonamides is 1. The van der Waals surface area contributed by atoms with Gasteiger partial charge in [0.15, 0.2) is 11.5 Å². The number of amides is 1. The second-order valence-electron chi connectivity index (χ2n) is 7.57. The third-order valence-electron chi connectivity index (χ3n) is 5.17. The first kappa shape index (κ1) is 24.5. The summed E-state index contributed by atoms with van der Waals surface area (Å²) in [7, 11) is -0.104. The fourth-order valence-electron chi connectivity index (χ4n) is 3.32. The minimum absolute atomic E-state index is 0.161. The lowest BCUT2D eigenvalue weighted by molar-refractivity contribution is -0.111. The Labute approximate surface area is 195 Å². The monoisotopic (exact) mass is 471 g/mol. The number of nitrogens with one attached hydrogen (secondary N) is 1. The van der Waals surface area contributed by atoms with Gasteiger partial charge < -0.3 is 19.7 Å². The minimum Gasteiger partial charge on any atom is -0.493 e. The number of anilines is 1. The highest BCUT2D eigenvalue weighted by Crippen LogP contribution is 2.28. The molecule has 0 aliphatic carbocycles. The van der Waals surface area contributed by atoms with Gasteiger partial charge in [-0.2, -0.15) is 4.31 Å². The molecule has 1 heterocycles. The molecule has 1 amide bonds. The summed E-state index contributed by atoms with van der Waals surface area (Å²) >= 11 is 0. The van der Waals surface area contributed by atoms with Crippen molar-refractivity contribution in [3.8, 4) is 11.5 Å². The van der Waals surface area contributed by atoms with E-state index in [0.717, 1.165) is 5.56 Å². The zero-order chi connectivity index (χ0) is 23.8. The van der Waals surface area contributed by atoms with Crippen molar-refractivity contribution >= 4 is 27.7 Å². The number of methoxy groups -OCH3 is 1. The summed E-state index contributed by atoms with van der Waals surface area (Å²) in [6, 6.07) is 11.6. The van der Waals surface area contributed by atoms with E-state index in [1.807, 2.05) is 7.05 Å². The van der Waals surface area contributed by atoms with E-state index in [0.29, 0.717) is 50.0 Å². The Kier molecular flexibility index (Phi) is 8.26. The highest BCUT2D eigenvalue weighted by Gasteiger charge is 2.27. The Morgan fingerprint density at radius 1 is 1.12 bits per heavy atom. The van der Waals surface area contributed by atoms with Gasteiger partial charge >= 0.3 is 0 Å². The molecule has 2 aromatic rings. The van der Waals surface area contributed by atoms with Crippen LogP contribution in [0.3, 0.4) is 0 Å². The van der Waals surface area contributed by atoms with Gasteiger partial charge in [-0.15, -0.1) is 0 Å². The van der Waals surface area contributed by atoms with Crippen LogP contribution in [0.15, 0.2) is 66.1 Å². The molecular weight excluding hydrogens is 442 g/mol. The van der Waals surface area contributed by atoms with Gasteiger partial charge in [0.2, 0.25) is 15.9 Å². The summed E-state index contributed by atoms with van der Waals surface area (Å²) in [6.45, 7) is 6.24. The Hall–Kier alpha value is -3.14. The third kappa shape index (κ3) is 6.44. The molecule has 0 atom stereocenters. The van der Waals surface area contributed by atoms with E-state index in [9.17, 15) is 13.2 Å². The third-order valence-corrected chi connectivity index (χ3v) is 7.07. The van der Waals surface area contributed by atoms with Gasteiger partial charge in [-0.1, -0.05) is 24.8 Å². The van der Waals surface area contributed by atoms with Crippen LogP contribution in [0.4, 0.5) is 5.69 Å². The van der Waals surface area contributed by atoms with Crippen molar-refractivity contribution in [3.63, 3.8) is 0 Å². The number of hydrogen-bond acceptors (Lipinski definition) is 6. The average Bonchev–Trinajstić information content (AvgIpc) is 2.82. The number of rotatable bonds is 9. The molecule has 0 saturated carbocycles. The Bertz CT molecular complexity index is 1120. The smallest absolute Gasteiger partial charge is 0.248 e. The molecule has 0 radical (unpaired) electrons. The first-order valence-electron chi connectivity index (χ1n) is 10.5. The fourth-order valence-corrected chi connectivity index (χ4v) is 4.79. The van der Waals surface area contributed by atoms with E-state index >= 15 is 0 Å². The van der Waals surface area contributed by atoms with Crippen molar-refractivity contribution in [1.29, 1.82) is 0 Å².